The summed E-state index contributed by atoms with van der Waals surface area (Å²) in [5.74, 6) is 0.432. The maximum absolute atomic E-state index is 11.3. The van der Waals surface area contributed by atoms with Gasteiger partial charge < -0.3 is 15.4 Å². The Morgan fingerprint density at radius 3 is 3.09 bits per heavy atom. The van der Waals surface area contributed by atoms with E-state index >= 15 is 0 Å². The van der Waals surface area contributed by atoms with E-state index in [0.717, 1.165) is 16.9 Å². The summed E-state index contributed by atoms with van der Waals surface area (Å²) in [4.78, 5) is 25.5. The summed E-state index contributed by atoms with van der Waals surface area (Å²) in [6, 6.07) is 5.34. The van der Waals surface area contributed by atoms with Crippen molar-refractivity contribution < 1.29 is 14.5 Å². The van der Waals surface area contributed by atoms with Gasteiger partial charge in [0.15, 0.2) is 11.7 Å². The molecule has 9 heteroatoms. The van der Waals surface area contributed by atoms with E-state index in [2.05, 4.69) is 15.6 Å². The summed E-state index contributed by atoms with van der Waals surface area (Å²) in [6.07, 6.45) is 1.22. The number of ether oxygens (including phenoxy) is 1. The van der Waals surface area contributed by atoms with Crippen LogP contribution in [0, 0.1) is 10.1 Å². The van der Waals surface area contributed by atoms with Gasteiger partial charge in [-0.1, -0.05) is 6.07 Å². The quantitative estimate of drug-likeness (QED) is 0.662. The molecule has 114 valence electrons. The number of benzene rings is 1. The molecule has 0 bridgehead atoms. The Morgan fingerprint density at radius 1 is 1.55 bits per heavy atom. The molecule has 2 heterocycles. The fraction of sp³-hybridized carbons (Fsp3) is 0.231. The van der Waals surface area contributed by atoms with E-state index in [1.54, 1.807) is 6.07 Å². The molecule has 1 aliphatic heterocycles. The van der Waals surface area contributed by atoms with Crippen LogP contribution in [0.15, 0.2) is 24.4 Å². The van der Waals surface area contributed by atoms with Crippen LogP contribution in [0.3, 0.4) is 0 Å². The van der Waals surface area contributed by atoms with Crippen LogP contribution in [-0.2, 0) is 4.79 Å². The minimum Gasteiger partial charge on any atom is -0.482 e. The summed E-state index contributed by atoms with van der Waals surface area (Å²) in [5, 5.41) is 17.0. The zero-order valence-electron chi connectivity index (χ0n) is 11.5. The number of nitrogens with one attached hydrogen (secondary N) is 2. The van der Waals surface area contributed by atoms with Crippen molar-refractivity contribution in [2.24, 2.45) is 0 Å². The van der Waals surface area contributed by atoms with Gasteiger partial charge in [-0.2, -0.15) is 0 Å². The van der Waals surface area contributed by atoms with Gasteiger partial charge in [0.25, 0.3) is 5.91 Å². The maximum atomic E-state index is 11.3. The predicted molar refractivity (Wildman–Crippen MR) is 81.4 cm³/mol. The van der Waals surface area contributed by atoms with E-state index in [4.69, 9.17) is 4.74 Å². The Morgan fingerprint density at radius 2 is 2.36 bits per heavy atom. The van der Waals surface area contributed by atoms with E-state index in [-0.39, 0.29) is 23.6 Å². The van der Waals surface area contributed by atoms with Crippen molar-refractivity contribution in [1.29, 1.82) is 0 Å². The highest BCUT2D eigenvalue weighted by Gasteiger charge is 2.18. The fourth-order valence-electron chi connectivity index (χ4n) is 2.06. The van der Waals surface area contributed by atoms with Crippen LogP contribution >= 0.6 is 11.3 Å². The van der Waals surface area contributed by atoms with Gasteiger partial charge in [0, 0.05) is 0 Å². The molecule has 1 aliphatic rings. The second-order valence-corrected chi connectivity index (χ2v) is 5.73. The molecule has 1 amide bonds. The first-order chi connectivity index (χ1) is 10.5. The molecular formula is C13H12N4O4S. The zero-order valence-corrected chi connectivity index (χ0v) is 12.3. The first-order valence-corrected chi connectivity index (χ1v) is 7.28. The van der Waals surface area contributed by atoms with Gasteiger partial charge in [0.1, 0.15) is 11.9 Å². The average molecular weight is 320 g/mol. The Kier molecular flexibility index (Phi) is 3.63. The number of hydrogen-bond donors (Lipinski definition) is 2. The highest BCUT2D eigenvalue weighted by Crippen LogP contribution is 2.33. The summed E-state index contributed by atoms with van der Waals surface area (Å²) >= 11 is 0.977. The molecule has 22 heavy (non-hydrogen) atoms. The Labute approximate surface area is 129 Å². The number of thiazole rings is 1. The number of nitrogens with zero attached hydrogens (tertiary/aromatic N) is 2. The normalized spacial score (nSPS) is 14.5. The number of rotatable bonds is 4. The lowest BCUT2D eigenvalue weighted by atomic mass is 10.1. The Balaban J connectivity index is 1.77. The van der Waals surface area contributed by atoms with Crippen molar-refractivity contribution >= 4 is 33.1 Å². The minimum absolute atomic E-state index is 0.0131. The summed E-state index contributed by atoms with van der Waals surface area (Å²) in [6.45, 7) is 1.92. The maximum Gasteiger partial charge on any atom is 0.345 e. The number of nitro groups is 1. The molecule has 0 radical (unpaired) electrons. The van der Waals surface area contributed by atoms with E-state index in [1.165, 1.54) is 6.20 Å². The Hall–Kier alpha value is -2.68. The van der Waals surface area contributed by atoms with Gasteiger partial charge in [-0.25, -0.2) is 4.98 Å². The number of anilines is 2. The third-order valence-electron chi connectivity index (χ3n) is 3.15. The van der Waals surface area contributed by atoms with Crippen LogP contribution < -0.4 is 15.4 Å². The molecule has 1 aromatic heterocycles. The first kappa shape index (κ1) is 14.3. The van der Waals surface area contributed by atoms with Gasteiger partial charge in [-0.15, -0.1) is 0 Å². The van der Waals surface area contributed by atoms with E-state index in [0.29, 0.717) is 16.6 Å². The second-order valence-electron chi connectivity index (χ2n) is 4.72. The number of fused-ring (bicyclic) bond motifs is 1. The summed E-state index contributed by atoms with van der Waals surface area (Å²) < 4.78 is 5.30. The molecule has 3 rings (SSSR count). The number of aromatic nitrogens is 1. The van der Waals surface area contributed by atoms with Gasteiger partial charge in [0.2, 0.25) is 0 Å². The lowest BCUT2D eigenvalue weighted by molar-refractivity contribution is -0.380. The van der Waals surface area contributed by atoms with Crippen LogP contribution in [-0.4, -0.2) is 22.4 Å². The lowest BCUT2D eigenvalue weighted by Gasteiger charge is -2.20. The van der Waals surface area contributed by atoms with Gasteiger partial charge in [-0.3, -0.25) is 14.9 Å². The van der Waals surface area contributed by atoms with E-state index < -0.39 is 4.92 Å². The van der Waals surface area contributed by atoms with Gasteiger partial charge in [-0.05, 0) is 36.0 Å². The molecule has 1 atom stereocenters. The van der Waals surface area contributed by atoms with E-state index in [9.17, 15) is 14.9 Å². The third kappa shape index (κ3) is 2.84. The van der Waals surface area contributed by atoms with Crippen LogP contribution in [0.5, 0.6) is 5.75 Å². The standard InChI is InChI=1S/C13H12N4O4S/c1-7(15-13-14-5-12(22-13)17(19)20)8-2-3-10-9(4-8)16-11(18)6-21-10/h2-5,7H,6H2,1H3,(H,14,15)(H,16,18). The van der Waals surface area contributed by atoms with Crippen molar-refractivity contribution in [3.63, 3.8) is 0 Å². The lowest BCUT2D eigenvalue weighted by Crippen LogP contribution is -2.25. The highest BCUT2D eigenvalue weighted by atomic mass is 32.1. The van der Waals surface area contributed by atoms with Crippen LogP contribution in [0.2, 0.25) is 0 Å². The van der Waals surface area contributed by atoms with Crippen molar-refractivity contribution in [2.45, 2.75) is 13.0 Å². The molecular weight excluding hydrogens is 308 g/mol. The van der Waals surface area contributed by atoms with Crippen LogP contribution in [0.25, 0.3) is 0 Å². The van der Waals surface area contributed by atoms with Crippen molar-refractivity contribution in [2.75, 3.05) is 17.2 Å². The van der Waals surface area contributed by atoms with Gasteiger partial charge in [0.05, 0.1) is 16.7 Å². The molecule has 8 nitrogen and oxygen atoms in total. The first-order valence-electron chi connectivity index (χ1n) is 6.46. The molecule has 0 fully saturated rings. The van der Waals surface area contributed by atoms with Crippen molar-refractivity contribution in [3.05, 3.63) is 40.1 Å². The average Bonchev–Trinajstić information content (AvgIpc) is 2.95. The number of carbonyl (C=O) groups is 1. The highest BCUT2D eigenvalue weighted by molar-refractivity contribution is 7.18. The summed E-state index contributed by atoms with van der Waals surface area (Å²) in [5.41, 5.74) is 1.52. The molecule has 2 aromatic rings. The number of carbonyl (C=O) groups excluding carboxylic acids is 1. The number of hydrogen-bond acceptors (Lipinski definition) is 7. The molecule has 2 N–H and O–H groups in total. The Bertz CT molecular complexity index is 745. The smallest absolute Gasteiger partial charge is 0.345 e. The monoisotopic (exact) mass is 320 g/mol. The molecule has 0 spiro atoms. The van der Waals surface area contributed by atoms with Crippen molar-refractivity contribution in [3.8, 4) is 5.75 Å². The fourth-order valence-corrected chi connectivity index (χ4v) is 2.77. The molecule has 0 aliphatic carbocycles. The molecule has 1 aromatic carbocycles. The number of amides is 1. The second kappa shape index (κ2) is 5.60. The topological polar surface area (TPSA) is 106 Å². The largest absolute Gasteiger partial charge is 0.482 e. The minimum atomic E-state index is -0.473. The molecule has 0 saturated heterocycles. The molecule has 1 unspecified atom stereocenters. The summed E-state index contributed by atoms with van der Waals surface area (Å²) in [7, 11) is 0. The zero-order chi connectivity index (χ0) is 15.7. The molecule has 0 saturated carbocycles. The SMILES string of the molecule is CC(Nc1ncc([N+](=O)[O-])s1)c1ccc2c(c1)NC(=O)CO2. The third-order valence-corrected chi connectivity index (χ3v) is 4.03. The van der Waals surface area contributed by atoms with Crippen molar-refractivity contribution in [1.82, 2.24) is 4.98 Å². The van der Waals surface area contributed by atoms with Crippen LogP contribution in [0.4, 0.5) is 15.8 Å². The predicted octanol–water partition coefficient (Wildman–Crippen LogP) is 2.56. The van der Waals surface area contributed by atoms with Crippen LogP contribution in [0.1, 0.15) is 18.5 Å². The van der Waals surface area contributed by atoms with E-state index in [1.807, 2.05) is 19.1 Å². The van der Waals surface area contributed by atoms with Gasteiger partial charge >= 0.3 is 5.00 Å².